The molecule has 0 fully saturated rings. The van der Waals surface area contributed by atoms with Crippen molar-refractivity contribution >= 4 is 0 Å². The molecule has 0 aliphatic heterocycles. The van der Waals surface area contributed by atoms with E-state index in [0.717, 1.165) is 31.1 Å². The van der Waals surface area contributed by atoms with E-state index in [1.54, 1.807) is 5.57 Å². The largest absolute Gasteiger partial charge is 0.198 e. The summed E-state index contributed by atoms with van der Waals surface area (Å²) in [5, 5.41) is 8.87. The van der Waals surface area contributed by atoms with E-state index >= 15 is 0 Å². The summed E-state index contributed by atoms with van der Waals surface area (Å²) in [4.78, 5) is 0. The van der Waals surface area contributed by atoms with Crippen molar-refractivity contribution in [2.24, 2.45) is 17.8 Å². The summed E-state index contributed by atoms with van der Waals surface area (Å²) < 4.78 is 0. The van der Waals surface area contributed by atoms with Crippen LogP contribution in [-0.2, 0) is 0 Å². The second-order valence-corrected chi connectivity index (χ2v) is 5.46. The summed E-state index contributed by atoms with van der Waals surface area (Å²) in [6, 6.07) is 2.39. The van der Waals surface area contributed by atoms with Crippen molar-refractivity contribution in [3.63, 3.8) is 0 Å². The van der Waals surface area contributed by atoms with Crippen LogP contribution in [0.1, 0.15) is 59.3 Å². The second kappa shape index (κ2) is 6.74. The van der Waals surface area contributed by atoms with Gasteiger partial charge in [0.1, 0.15) is 0 Å². The Morgan fingerprint density at radius 1 is 1.44 bits per heavy atom. The number of allylic oxidation sites excluding steroid dienone is 2. The van der Waals surface area contributed by atoms with E-state index in [4.69, 9.17) is 5.26 Å². The molecule has 1 nitrogen and oxygen atoms in total. The van der Waals surface area contributed by atoms with E-state index in [9.17, 15) is 0 Å². The summed E-state index contributed by atoms with van der Waals surface area (Å²) in [5.41, 5.74) is 1.63. The van der Waals surface area contributed by atoms with Crippen LogP contribution in [-0.4, -0.2) is 0 Å². The fourth-order valence-corrected chi connectivity index (χ4v) is 2.53. The van der Waals surface area contributed by atoms with Crippen LogP contribution in [0.25, 0.3) is 0 Å². The molecule has 16 heavy (non-hydrogen) atoms. The third kappa shape index (κ3) is 4.00. The molecule has 0 heterocycles. The maximum absolute atomic E-state index is 8.87. The summed E-state index contributed by atoms with van der Waals surface area (Å²) in [6.07, 6.45) is 9.51. The topological polar surface area (TPSA) is 23.8 Å². The van der Waals surface area contributed by atoms with Gasteiger partial charge in [0.2, 0.25) is 0 Å². The molecule has 90 valence electrons. The highest BCUT2D eigenvalue weighted by Crippen LogP contribution is 2.32. The minimum absolute atomic E-state index is 0.284. The van der Waals surface area contributed by atoms with Gasteiger partial charge < -0.3 is 0 Å². The lowest BCUT2D eigenvalue weighted by atomic mass is 9.81. The smallest absolute Gasteiger partial charge is 0.0659 e. The Morgan fingerprint density at radius 3 is 2.62 bits per heavy atom. The second-order valence-electron chi connectivity index (χ2n) is 5.46. The molecular weight excluding hydrogens is 194 g/mol. The Balaban J connectivity index is 2.48. The van der Waals surface area contributed by atoms with Gasteiger partial charge in [0, 0.05) is 0 Å². The third-order valence-corrected chi connectivity index (χ3v) is 3.74. The van der Waals surface area contributed by atoms with Gasteiger partial charge in [-0.3, -0.25) is 0 Å². The average molecular weight is 219 g/mol. The SMILES string of the molecule is CCC(CCC(C)C)C1=CCC(C#N)CC1. The Bertz CT molecular complexity index is 270. The highest BCUT2D eigenvalue weighted by molar-refractivity contribution is 5.12. The van der Waals surface area contributed by atoms with Crippen LogP contribution in [0.3, 0.4) is 0 Å². The average Bonchev–Trinajstić information content (AvgIpc) is 2.30. The van der Waals surface area contributed by atoms with Crippen molar-refractivity contribution in [1.82, 2.24) is 0 Å². The summed E-state index contributed by atoms with van der Waals surface area (Å²) in [5.74, 6) is 1.87. The highest BCUT2D eigenvalue weighted by Gasteiger charge is 2.19. The predicted octanol–water partition coefficient (Wildman–Crippen LogP) is 4.70. The zero-order valence-corrected chi connectivity index (χ0v) is 11.0. The van der Waals surface area contributed by atoms with E-state index in [1.807, 2.05) is 0 Å². The van der Waals surface area contributed by atoms with Crippen molar-refractivity contribution in [2.75, 3.05) is 0 Å². The Hall–Kier alpha value is -0.770. The third-order valence-electron chi connectivity index (χ3n) is 3.74. The quantitative estimate of drug-likeness (QED) is 0.615. The van der Waals surface area contributed by atoms with Crippen molar-refractivity contribution in [1.29, 1.82) is 5.26 Å². The van der Waals surface area contributed by atoms with E-state index in [0.29, 0.717) is 0 Å². The number of nitriles is 1. The maximum Gasteiger partial charge on any atom is 0.0659 e. The highest BCUT2D eigenvalue weighted by atomic mass is 14.3. The number of nitrogens with zero attached hydrogens (tertiary/aromatic N) is 1. The molecule has 0 amide bonds. The van der Waals surface area contributed by atoms with E-state index < -0.39 is 0 Å². The Morgan fingerprint density at radius 2 is 2.19 bits per heavy atom. The first-order valence-electron chi connectivity index (χ1n) is 6.75. The fourth-order valence-electron chi connectivity index (χ4n) is 2.53. The Kier molecular flexibility index (Phi) is 5.60. The van der Waals surface area contributed by atoms with Gasteiger partial charge in [0.05, 0.1) is 12.0 Å². The van der Waals surface area contributed by atoms with Crippen molar-refractivity contribution < 1.29 is 0 Å². The van der Waals surface area contributed by atoms with Crippen LogP contribution >= 0.6 is 0 Å². The lowest BCUT2D eigenvalue weighted by molar-refractivity contribution is 0.429. The number of hydrogen-bond donors (Lipinski definition) is 0. The summed E-state index contributed by atoms with van der Waals surface area (Å²) in [7, 11) is 0. The predicted molar refractivity (Wildman–Crippen MR) is 68.9 cm³/mol. The molecule has 0 spiro atoms. The van der Waals surface area contributed by atoms with Crippen LogP contribution in [0, 0.1) is 29.1 Å². The zero-order valence-electron chi connectivity index (χ0n) is 11.0. The van der Waals surface area contributed by atoms with Crippen molar-refractivity contribution in [2.45, 2.75) is 59.3 Å². The first-order chi connectivity index (χ1) is 7.67. The van der Waals surface area contributed by atoms with E-state index in [-0.39, 0.29) is 5.92 Å². The molecule has 1 heteroatoms. The van der Waals surface area contributed by atoms with Crippen LogP contribution in [0.4, 0.5) is 0 Å². The molecule has 0 aromatic carbocycles. The van der Waals surface area contributed by atoms with Gasteiger partial charge in [-0.05, 0) is 43.9 Å². The molecule has 1 aliphatic carbocycles. The van der Waals surface area contributed by atoms with Gasteiger partial charge >= 0.3 is 0 Å². The molecule has 1 rings (SSSR count). The normalized spacial score (nSPS) is 22.7. The molecule has 0 aromatic heterocycles. The van der Waals surface area contributed by atoms with Gasteiger partial charge in [-0.2, -0.15) is 5.26 Å². The van der Waals surface area contributed by atoms with Crippen LogP contribution < -0.4 is 0 Å². The lowest BCUT2D eigenvalue weighted by Gasteiger charge is -2.24. The summed E-state index contributed by atoms with van der Waals surface area (Å²) in [6.45, 7) is 6.89. The maximum atomic E-state index is 8.87. The standard InChI is InChI=1S/C15H25N/c1-4-14(8-5-12(2)3)15-9-6-13(11-16)7-10-15/h9,12-14H,4-8,10H2,1-3H3. The van der Waals surface area contributed by atoms with Crippen LogP contribution in [0.15, 0.2) is 11.6 Å². The fraction of sp³-hybridized carbons (Fsp3) is 0.800. The molecule has 0 radical (unpaired) electrons. The first kappa shape index (κ1) is 13.3. The van der Waals surface area contributed by atoms with E-state index in [1.165, 1.54) is 19.3 Å². The molecule has 0 bridgehead atoms. The summed E-state index contributed by atoms with van der Waals surface area (Å²) >= 11 is 0. The van der Waals surface area contributed by atoms with Crippen LogP contribution in [0.5, 0.6) is 0 Å². The van der Waals surface area contributed by atoms with Crippen molar-refractivity contribution in [3.8, 4) is 6.07 Å². The molecule has 2 atom stereocenters. The lowest BCUT2D eigenvalue weighted by Crippen LogP contribution is -2.11. The van der Waals surface area contributed by atoms with Crippen LogP contribution in [0.2, 0.25) is 0 Å². The monoisotopic (exact) mass is 219 g/mol. The molecule has 0 saturated carbocycles. The number of rotatable bonds is 5. The number of hydrogen-bond acceptors (Lipinski definition) is 1. The van der Waals surface area contributed by atoms with Crippen molar-refractivity contribution in [3.05, 3.63) is 11.6 Å². The molecule has 0 aromatic rings. The minimum atomic E-state index is 0.284. The van der Waals surface area contributed by atoms with Gasteiger partial charge in [0.15, 0.2) is 0 Å². The van der Waals surface area contributed by atoms with Gasteiger partial charge in [-0.1, -0.05) is 38.8 Å². The molecule has 0 N–H and O–H groups in total. The first-order valence-corrected chi connectivity index (χ1v) is 6.75. The molecule has 2 unspecified atom stereocenters. The van der Waals surface area contributed by atoms with Gasteiger partial charge in [0.25, 0.3) is 0 Å². The Labute approximate surface area is 101 Å². The minimum Gasteiger partial charge on any atom is -0.198 e. The van der Waals surface area contributed by atoms with E-state index in [2.05, 4.69) is 32.9 Å². The zero-order chi connectivity index (χ0) is 12.0. The molecular formula is C15H25N. The van der Waals surface area contributed by atoms with Gasteiger partial charge in [-0.25, -0.2) is 0 Å². The molecule has 0 saturated heterocycles. The van der Waals surface area contributed by atoms with Gasteiger partial charge in [-0.15, -0.1) is 0 Å². The molecule has 1 aliphatic rings.